The molecule has 114 valence electrons. The second kappa shape index (κ2) is 5.15. The number of rotatable bonds is 3. The molecule has 1 aromatic carbocycles. The number of Topliss-reactive ketones (excluding diaryl/α,β-unsaturated/α-hetero) is 1. The van der Waals surface area contributed by atoms with Crippen LogP contribution in [0.15, 0.2) is 18.2 Å². The van der Waals surface area contributed by atoms with Crippen molar-refractivity contribution in [1.29, 1.82) is 0 Å². The van der Waals surface area contributed by atoms with Gasteiger partial charge in [0.2, 0.25) is 0 Å². The number of phenolic OH excluding ortho intramolecular Hbond substituents is 1. The summed E-state index contributed by atoms with van der Waals surface area (Å²) in [6, 6.07) is 5.90. The van der Waals surface area contributed by atoms with Gasteiger partial charge in [0.1, 0.15) is 11.5 Å². The zero-order chi connectivity index (χ0) is 15.1. The first-order valence-corrected chi connectivity index (χ1v) is 8.35. The van der Waals surface area contributed by atoms with Crippen molar-refractivity contribution in [3.63, 3.8) is 0 Å². The maximum Gasteiger partial charge on any atom is 0.133 e. The van der Waals surface area contributed by atoms with Gasteiger partial charge in [0.05, 0.1) is 0 Å². The van der Waals surface area contributed by atoms with Gasteiger partial charge in [-0.2, -0.15) is 0 Å². The molecular formula is C19H26O2. The summed E-state index contributed by atoms with van der Waals surface area (Å²) >= 11 is 0. The summed E-state index contributed by atoms with van der Waals surface area (Å²) in [4.78, 5) is 12.1. The standard InChI is InChI=1S/C19H26O2/c1-3-4-9-19-11-8-16(21)13-18(19,2)10-7-14-12-15(20)5-6-17(14)19/h5-6,12,20H,3-4,7-11,13H2,1-2H3/t18-,19+/m1/s1. The van der Waals surface area contributed by atoms with E-state index in [1.54, 1.807) is 0 Å². The third-order valence-electron chi connectivity index (χ3n) is 6.08. The van der Waals surface area contributed by atoms with E-state index in [1.165, 1.54) is 30.4 Å². The quantitative estimate of drug-likeness (QED) is 0.886. The average molecular weight is 286 g/mol. The Morgan fingerprint density at radius 1 is 1.24 bits per heavy atom. The number of aryl methyl sites for hydroxylation is 1. The summed E-state index contributed by atoms with van der Waals surface area (Å²) in [5.74, 6) is 0.807. The molecule has 2 heteroatoms. The average Bonchev–Trinajstić information content (AvgIpc) is 2.45. The predicted molar refractivity (Wildman–Crippen MR) is 84.6 cm³/mol. The van der Waals surface area contributed by atoms with Gasteiger partial charge < -0.3 is 5.11 Å². The van der Waals surface area contributed by atoms with Crippen LogP contribution in [0.25, 0.3) is 0 Å². The van der Waals surface area contributed by atoms with E-state index in [-0.39, 0.29) is 10.8 Å². The van der Waals surface area contributed by atoms with E-state index in [0.717, 1.165) is 32.1 Å². The van der Waals surface area contributed by atoms with Crippen molar-refractivity contribution in [3.05, 3.63) is 29.3 Å². The first-order chi connectivity index (χ1) is 10.0. The molecule has 0 heterocycles. The minimum atomic E-state index is 0.0987. The minimum absolute atomic E-state index is 0.0987. The fourth-order valence-electron chi connectivity index (χ4n) is 4.84. The Hall–Kier alpha value is -1.31. The minimum Gasteiger partial charge on any atom is -0.508 e. The lowest BCUT2D eigenvalue weighted by Gasteiger charge is -2.56. The topological polar surface area (TPSA) is 37.3 Å². The van der Waals surface area contributed by atoms with Crippen molar-refractivity contribution >= 4 is 5.78 Å². The second-order valence-corrected chi connectivity index (χ2v) is 7.30. The van der Waals surface area contributed by atoms with Crippen LogP contribution in [0.1, 0.15) is 69.9 Å². The number of aromatic hydroxyl groups is 1. The maximum absolute atomic E-state index is 12.1. The first-order valence-electron chi connectivity index (χ1n) is 8.35. The second-order valence-electron chi connectivity index (χ2n) is 7.30. The van der Waals surface area contributed by atoms with Gasteiger partial charge in [0.25, 0.3) is 0 Å². The molecule has 0 aliphatic heterocycles. The highest BCUT2D eigenvalue weighted by Crippen LogP contribution is 2.59. The van der Waals surface area contributed by atoms with E-state index in [4.69, 9.17) is 0 Å². The van der Waals surface area contributed by atoms with Gasteiger partial charge in [-0.15, -0.1) is 0 Å². The highest BCUT2D eigenvalue weighted by molar-refractivity contribution is 5.81. The van der Waals surface area contributed by atoms with E-state index in [9.17, 15) is 9.90 Å². The van der Waals surface area contributed by atoms with E-state index in [0.29, 0.717) is 11.5 Å². The number of ketones is 1. The number of phenols is 1. The van der Waals surface area contributed by atoms with Gasteiger partial charge in [0.15, 0.2) is 0 Å². The summed E-state index contributed by atoms with van der Waals surface area (Å²) in [7, 11) is 0. The third kappa shape index (κ3) is 2.20. The fraction of sp³-hybridized carbons (Fsp3) is 0.632. The number of fused-ring (bicyclic) bond motifs is 3. The van der Waals surface area contributed by atoms with Gasteiger partial charge >= 0.3 is 0 Å². The lowest BCUT2D eigenvalue weighted by Crippen LogP contribution is -2.51. The van der Waals surface area contributed by atoms with Crippen molar-refractivity contribution in [3.8, 4) is 5.75 Å². The van der Waals surface area contributed by atoms with Crippen molar-refractivity contribution < 1.29 is 9.90 Å². The lowest BCUT2D eigenvalue weighted by molar-refractivity contribution is -0.127. The number of unbranched alkanes of at least 4 members (excludes halogenated alkanes) is 1. The lowest BCUT2D eigenvalue weighted by atomic mass is 9.47. The van der Waals surface area contributed by atoms with Crippen LogP contribution in [0.4, 0.5) is 0 Å². The van der Waals surface area contributed by atoms with E-state index in [2.05, 4.69) is 19.9 Å². The SMILES string of the molecule is CCCC[C@@]12CCC(=O)C[C@@]1(C)CCc1cc(O)ccc12. The van der Waals surface area contributed by atoms with E-state index < -0.39 is 0 Å². The molecule has 1 fully saturated rings. The normalized spacial score (nSPS) is 31.6. The number of hydrogen-bond acceptors (Lipinski definition) is 2. The van der Waals surface area contributed by atoms with Crippen LogP contribution >= 0.6 is 0 Å². The van der Waals surface area contributed by atoms with Crippen LogP contribution in [0, 0.1) is 5.41 Å². The molecule has 1 N–H and O–H groups in total. The monoisotopic (exact) mass is 286 g/mol. The third-order valence-corrected chi connectivity index (χ3v) is 6.08. The molecule has 0 radical (unpaired) electrons. The van der Waals surface area contributed by atoms with Gasteiger partial charge in [-0.05, 0) is 54.4 Å². The molecule has 0 bridgehead atoms. The molecule has 1 saturated carbocycles. The zero-order valence-electron chi connectivity index (χ0n) is 13.2. The molecule has 0 amide bonds. The van der Waals surface area contributed by atoms with Gasteiger partial charge in [-0.1, -0.05) is 32.8 Å². The summed E-state index contributed by atoms with van der Waals surface area (Å²) < 4.78 is 0. The molecule has 0 aromatic heterocycles. The number of benzene rings is 1. The van der Waals surface area contributed by atoms with Crippen LogP contribution in [0.3, 0.4) is 0 Å². The molecule has 2 aliphatic carbocycles. The van der Waals surface area contributed by atoms with Crippen molar-refractivity contribution in [2.45, 2.75) is 70.6 Å². The Morgan fingerprint density at radius 3 is 2.81 bits per heavy atom. The molecule has 0 saturated heterocycles. The predicted octanol–water partition coefficient (Wildman–Crippen LogP) is 4.53. The van der Waals surface area contributed by atoms with Crippen LogP contribution in [-0.4, -0.2) is 10.9 Å². The number of hydrogen-bond donors (Lipinski definition) is 1. The fourth-order valence-corrected chi connectivity index (χ4v) is 4.84. The summed E-state index contributed by atoms with van der Waals surface area (Å²) in [6.45, 7) is 4.57. The van der Waals surface area contributed by atoms with Crippen LogP contribution < -0.4 is 0 Å². The van der Waals surface area contributed by atoms with Gasteiger partial charge in [-0.25, -0.2) is 0 Å². The molecule has 21 heavy (non-hydrogen) atoms. The van der Waals surface area contributed by atoms with E-state index in [1.807, 2.05) is 12.1 Å². The molecule has 0 unspecified atom stereocenters. The summed E-state index contributed by atoms with van der Waals surface area (Å²) in [5, 5.41) is 9.80. The van der Waals surface area contributed by atoms with Gasteiger partial charge in [-0.3, -0.25) is 4.79 Å². The van der Waals surface area contributed by atoms with Gasteiger partial charge in [0, 0.05) is 18.3 Å². The maximum atomic E-state index is 12.1. The Morgan fingerprint density at radius 2 is 2.05 bits per heavy atom. The molecule has 0 spiro atoms. The summed E-state index contributed by atoms with van der Waals surface area (Å²) in [6.07, 6.45) is 8.07. The van der Waals surface area contributed by atoms with Crippen molar-refractivity contribution in [2.24, 2.45) is 5.41 Å². The number of carbonyl (C=O) groups excluding carboxylic acids is 1. The van der Waals surface area contributed by atoms with Crippen molar-refractivity contribution in [2.75, 3.05) is 0 Å². The Labute approximate surface area is 127 Å². The molecule has 2 atom stereocenters. The Kier molecular flexibility index (Phi) is 3.59. The van der Waals surface area contributed by atoms with Crippen LogP contribution in [0.5, 0.6) is 5.75 Å². The van der Waals surface area contributed by atoms with Crippen LogP contribution in [0.2, 0.25) is 0 Å². The molecular weight excluding hydrogens is 260 g/mol. The highest BCUT2D eigenvalue weighted by atomic mass is 16.3. The largest absolute Gasteiger partial charge is 0.508 e. The molecule has 2 aliphatic rings. The Balaban J connectivity index is 2.11. The number of carbonyl (C=O) groups is 1. The molecule has 1 aromatic rings. The van der Waals surface area contributed by atoms with Crippen LogP contribution in [-0.2, 0) is 16.6 Å². The Bertz CT molecular complexity index is 563. The molecule has 3 rings (SSSR count). The van der Waals surface area contributed by atoms with Crippen molar-refractivity contribution in [1.82, 2.24) is 0 Å². The smallest absolute Gasteiger partial charge is 0.133 e. The highest BCUT2D eigenvalue weighted by Gasteiger charge is 2.54. The summed E-state index contributed by atoms with van der Waals surface area (Å²) in [5.41, 5.74) is 2.95. The first kappa shape index (κ1) is 14.6. The zero-order valence-corrected chi connectivity index (χ0v) is 13.2. The van der Waals surface area contributed by atoms with E-state index >= 15 is 0 Å². The molecule has 2 nitrogen and oxygen atoms in total.